The molecule has 3 nitrogen and oxygen atoms in total. The summed E-state index contributed by atoms with van der Waals surface area (Å²) in [4.78, 5) is 11.9. The fraction of sp³-hybridized carbons (Fsp3) is 0.533. The lowest BCUT2D eigenvalue weighted by Gasteiger charge is -2.17. The summed E-state index contributed by atoms with van der Waals surface area (Å²) >= 11 is 2.03. The third kappa shape index (κ3) is 4.25. The number of thioether (sulfide) groups is 1. The first-order chi connectivity index (χ1) is 9.31. The van der Waals surface area contributed by atoms with E-state index < -0.39 is 0 Å². The maximum absolute atomic E-state index is 11.9. The molecule has 104 valence electrons. The largest absolute Gasteiger partial charge is 0.469 e. The Hall–Kier alpha value is -1.00. The van der Waals surface area contributed by atoms with Gasteiger partial charge in [-0.3, -0.25) is 4.79 Å². The maximum Gasteiger partial charge on any atom is 0.314 e. The van der Waals surface area contributed by atoms with E-state index in [4.69, 9.17) is 4.74 Å². The summed E-state index contributed by atoms with van der Waals surface area (Å²) in [6.07, 6.45) is 2.60. The van der Waals surface area contributed by atoms with Crippen LogP contribution in [0.2, 0.25) is 0 Å². The second-order valence-electron chi connectivity index (χ2n) is 4.78. The molecule has 1 aliphatic heterocycles. The van der Waals surface area contributed by atoms with E-state index in [1.54, 1.807) is 0 Å². The Labute approximate surface area is 119 Å². The average molecular weight is 279 g/mol. The predicted molar refractivity (Wildman–Crippen MR) is 79.5 cm³/mol. The summed E-state index contributed by atoms with van der Waals surface area (Å²) in [6.45, 7) is 1.62. The van der Waals surface area contributed by atoms with Crippen LogP contribution in [0.3, 0.4) is 0 Å². The van der Waals surface area contributed by atoms with Crippen molar-refractivity contribution in [2.75, 3.05) is 26.0 Å². The minimum atomic E-state index is -0.211. The van der Waals surface area contributed by atoms with Gasteiger partial charge in [-0.25, -0.2) is 0 Å². The lowest BCUT2D eigenvalue weighted by Crippen LogP contribution is -2.31. The fourth-order valence-corrected chi connectivity index (χ4v) is 3.59. The molecule has 0 radical (unpaired) electrons. The van der Waals surface area contributed by atoms with Gasteiger partial charge in [0, 0.05) is 18.3 Å². The third-order valence-corrected chi connectivity index (χ3v) is 4.83. The van der Waals surface area contributed by atoms with Gasteiger partial charge in [0.2, 0.25) is 0 Å². The molecule has 1 heterocycles. The van der Waals surface area contributed by atoms with E-state index in [1.807, 2.05) is 42.1 Å². The summed E-state index contributed by atoms with van der Waals surface area (Å²) in [7, 11) is 1.45. The van der Waals surface area contributed by atoms with E-state index in [1.165, 1.54) is 25.7 Å². The maximum atomic E-state index is 11.9. The van der Waals surface area contributed by atoms with Gasteiger partial charge >= 0.3 is 5.97 Å². The molecule has 0 amide bonds. The number of ether oxygens (including phenoxy) is 1. The van der Waals surface area contributed by atoms with E-state index in [0.717, 1.165) is 12.1 Å². The lowest BCUT2D eigenvalue weighted by molar-refractivity contribution is -0.142. The van der Waals surface area contributed by atoms with Crippen LogP contribution in [0.5, 0.6) is 0 Å². The smallest absolute Gasteiger partial charge is 0.314 e. The molecule has 1 N–H and O–H groups in total. The monoisotopic (exact) mass is 279 g/mol. The van der Waals surface area contributed by atoms with E-state index >= 15 is 0 Å². The molecule has 1 aromatic carbocycles. The molecule has 0 saturated carbocycles. The quantitative estimate of drug-likeness (QED) is 0.812. The molecule has 0 aromatic heterocycles. The van der Waals surface area contributed by atoms with Crippen LogP contribution in [-0.2, 0) is 9.53 Å². The fourth-order valence-electron chi connectivity index (χ4n) is 2.36. The van der Waals surface area contributed by atoms with Gasteiger partial charge < -0.3 is 10.1 Å². The minimum absolute atomic E-state index is 0.169. The van der Waals surface area contributed by atoms with Crippen LogP contribution in [0.25, 0.3) is 0 Å². The first-order valence-corrected chi connectivity index (χ1v) is 7.81. The van der Waals surface area contributed by atoms with E-state index in [0.29, 0.717) is 11.8 Å². The number of esters is 1. The highest BCUT2D eigenvalue weighted by Crippen LogP contribution is 2.25. The number of hydrogen-bond acceptors (Lipinski definition) is 4. The highest BCUT2D eigenvalue weighted by atomic mass is 32.2. The standard InChI is InChI=1S/C15H21NO2S/c1-18-15(17)14(12-6-3-2-4-7-12)11-16-10-13-8-5-9-19-13/h2-4,6-7,13-14,16H,5,8-11H2,1H3. The van der Waals surface area contributed by atoms with Crippen LogP contribution in [0.1, 0.15) is 24.3 Å². The van der Waals surface area contributed by atoms with Crippen molar-refractivity contribution in [2.45, 2.75) is 24.0 Å². The Morgan fingerprint density at radius 3 is 2.89 bits per heavy atom. The number of carbonyl (C=O) groups is 1. The van der Waals surface area contributed by atoms with Gasteiger partial charge in [-0.05, 0) is 24.2 Å². The predicted octanol–water partition coefficient (Wildman–Crippen LogP) is 2.43. The summed E-state index contributed by atoms with van der Waals surface area (Å²) in [5.41, 5.74) is 1.01. The molecule has 4 heteroatoms. The molecule has 2 unspecified atom stereocenters. The van der Waals surface area contributed by atoms with Gasteiger partial charge in [0.05, 0.1) is 13.0 Å². The molecule has 0 spiro atoms. The first kappa shape index (κ1) is 14.4. The van der Waals surface area contributed by atoms with Crippen LogP contribution < -0.4 is 5.32 Å². The van der Waals surface area contributed by atoms with Crippen molar-refractivity contribution in [3.63, 3.8) is 0 Å². The molecule has 2 atom stereocenters. The van der Waals surface area contributed by atoms with Crippen molar-refractivity contribution >= 4 is 17.7 Å². The molecule has 0 bridgehead atoms. The third-order valence-electron chi connectivity index (χ3n) is 3.43. The number of benzene rings is 1. The molecule has 19 heavy (non-hydrogen) atoms. The van der Waals surface area contributed by atoms with Gasteiger partial charge in [0.15, 0.2) is 0 Å². The number of rotatable bonds is 6. The lowest BCUT2D eigenvalue weighted by atomic mass is 9.99. The van der Waals surface area contributed by atoms with Gasteiger partial charge in [-0.1, -0.05) is 30.3 Å². The van der Waals surface area contributed by atoms with E-state index in [-0.39, 0.29) is 11.9 Å². The Kier molecular flexibility index (Phi) is 5.73. The number of nitrogens with one attached hydrogen (secondary N) is 1. The molecule has 1 saturated heterocycles. The van der Waals surface area contributed by atoms with Gasteiger partial charge in [0.1, 0.15) is 0 Å². The molecular formula is C15H21NO2S. The van der Waals surface area contributed by atoms with Crippen LogP contribution in [-0.4, -0.2) is 37.2 Å². The van der Waals surface area contributed by atoms with E-state index in [9.17, 15) is 4.79 Å². The number of hydrogen-bond donors (Lipinski definition) is 1. The number of methoxy groups -OCH3 is 1. The summed E-state index contributed by atoms with van der Waals surface area (Å²) < 4.78 is 4.91. The molecule has 1 aromatic rings. The molecule has 2 rings (SSSR count). The zero-order valence-electron chi connectivity index (χ0n) is 11.3. The van der Waals surface area contributed by atoms with Crippen LogP contribution >= 0.6 is 11.8 Å². The second-order valence-corrected chi connectivity index (χ2v) is 6.19. The van der Waals surface area contributed by atoms with Crippen LogP contribution in [0.4, 0.5) is 0 Å². The summed E-state index contributed by atoms with van der Waals surface area (Å²) in [5.74, 6) is 0.890. The van der Waals surface area contributed by atoms with Gasteiger partial charge in [-0.2, -0.15) is 11.8 Å². The summed E-state index contributed by atoms with van der Waals surface area (Å²) in [6, 6.07) is 9.83. The summed E-state index contributed by atoms with van der Waals surface area (Å²) in [5, 5.41) is 4.12. The zero-order chi connectivity index (χ0) is 13.5. The topological polar surface area (TPSA) is 38.3 Å². The molecule has 1 aliphatic rings. The molecular weight excluding hydrogens is 258 g/mol. The van der Waals surface area contributed by atoms with E-state index in [2.05, 4.69) is 5.32 Å². The van der Waals surface area contributed by atoms with Crippen molar-refractivity contribution in [1.29, 1.82) is 0 Å². The Balaban J connectivity index is 1.89. The number of carbonyl (C=O) groups excluding carboxylic acids is 1. The van der Waals surface area contributed by atoms with Crippen molar-refractivity contribution in [3.8, 4) is 0 Å². The molecule has 1 fully saturated rings. The zero-order valence-corrected chi connectivity index (χ0v) is 12.1. The van der Waals surface area contributed by atoms with Crippen LogP contribution in [0, 0.1) is 0 Å². The highest BCUT2D eigenvalue weighted by molar-refractivity contribution is 8.00. The first-order valence-electron chi connectivity index (χ1n) is 6.76. The Morgan fingerprint density at radius 2 is 2.26 bits per heavy atom. The highest BCUT2D eigenvalue weighted by Gasteiger charge is 2.22. The second kappa shape index (κ2) is 7.56. The van der Waals surface area contributed by atoms with Gasteiger partial charge in [0.25, 0.3) is 0 Å². The normalized spacial score (nSPS) is 20.2. The SMILES string of the molecule is COC(=O)C(CNCC1CCCS1)c1ccccc1. The van der Waals surface area contributed by atoms with Crippen molar-refractivity contribution < 1.29 is 9.53 Å². The molecule has 0 aliphatic carbocycles. The van der Waals surface area contributed by atoms with Crippen molar-refractivity contribution in [2.24, 2.45) is 0 Å². The Morgan fingerprint density at radius 1 is 1.47 bits per heavy atom. The van der Waals surface area contributed by atoms with Crippen molar-refractivity contribution in [1.82, 2.24) is 5.32 Å². The average Bonchev–Trinajstić information content (AvgIpc) is 2.97. The van der Waals surface area contributed by atoms with Gasteiger partial charge in [-0.15, -0.1) is 0 Å². The van der Waals surface area contributed by atoms with Crippen LogP contribution in [0.15, 0.2) is 30.3 Å². The van der Waals surface area contributed by atoms with Crippen molar-refractivity contribution in [3.05, 3.63) is 35.9 Å². The minimum Gasteiger partial charge on any atom is -0.469 e. The Bertz CT molecular complexity index is 390.